The van der Waals surface area contributed by atoms with Crippen molar-refractivity contribution in [2.24, 2.45) is 0 Å². The van der Waals surface area contributed by atoms with Gasteiger partial charge in [-0.05, 0) is 12.1 Å². The molecule has 0 aliphatic carbocycles. The van der Waals surface area contributed by atoms with Crippen molar-refractivity contribution in [1.29, 1.82) is 0 Å². The molecule has 0 fully saturated rings. The standard InChI is InChI=1S/C9H3F5O2/c10-4-2-1-3(5(11)7(4)13)6(12)8(14)9(15)16/h1-2H,(H,15,16). The summed E-state index contributed by atoms with van der Waals surface area (Å²) in [6.07, 6.45) is 0. The maximum Gasteiger partial charge on any atom is 0.367 e. The van der Waals surface area contributed by atoms with E-state index < -0.39 is 40.6 Å². The van der Waals surface area contributed by atoms with Gasteiger partial charge in [0, 0.05) is 0 Å². The van der Waals surface area contributed by atoms with Crippen LogP contribution in [0.3, 0.4) is 0 Å². The van der Waals surface area contributed by atoms with Crippen LogP contribution in [0.5, 0.6) is 0 Å². The van der Waals surface area contributed by atoms with E-state index in [-0.39, 0.29) is 0 Å². The van der Waals surface area contributed by atoms with E-state index in [4.69, 9.17) is 5.11 Å². The van der Waals surface area contributed by atoms with Crippen molar-refractivity contribution < 1.29 is 31.9 Å². The average molecular weight is 238 g/mol. The summed E-state index contributed by atoms with van der Waals surface area (Å²) in [7, 11) is 0. The molecule has 0 radical (unpaired) electrons. The van der Waals surface area contributed by atoms with Gasteiger partial charge < -0.3 is 5.11 Å². The quantitative estimate of drug-likeness (QED) is 0.488. The number of carboxylic acid groups (broad SMARTS) is 1. The number of aliphatic carboxylic acids is 1. The fourth-order valence-electron chi connectivity index (χ4n) is 0.908. The van der Waals surface area contributed by atoms with E-state index in [1.165, 1.54) is 0 Å². The van der Waals surface area contributed by atoms with E-state index in [1.54, 1.807) is 0 Å². The third kappa shape index (κ3) is 2.02. The van der Waals surface area contributed by atoms with Crippen LogP contribution in [0.25, 0.3) is 5.83 Å². The van der Waals surface area contributed by atoms with Crippen molar-refractivity contribution in [3.05, 3.63) is 41.0 Å². The summed E-state index contributed by atoms with van der Waals surface area (Å²) in [5, 5.41) is 8.07. The number of carboxylic acids is 1. The van der Waals surface area contributed by atoms with E-state index >= 15 is 0 Å². The molecule has 0 aromatic heterocycles. The number of halogens is 5. The Morgan fingerprint density at radius 3 is 2.12 bits per heavy atom. The summed E-state index contributed by atoms with van der Waals surface area (Å²) in [5.74, 6) is -12.3. The molecule has 0 heterocycles. The number of carbonyl (C=O) groups is 1. The van der Waals surface area contributed by atoms with Gasteiger partial charge >= 0.3 is 5.97 Å². The zero-order valence-electron chi connectivity index (χ0n) is 7.40. The third-order valence-corrected chi connectivity index (χ3v) is 1.65. The van der Waals surface area contributed by atoms with E-state index in [0.717, 1.165) is 0 Å². The minimum absolute atomic E-state index is 0.350. The maximum atomic E-state index is 12.9. The normalized spacial score (nSPS) is 12.3. The number of rotatable bonds is 2. The highest BCUT2D eigenvalue weighted by Gasteiger charge is 2.22. The molecule has 0 atom stereocenters. The molecule has 16 heavy (non-hydrogen) atoms. The molecule has 0 saturated carbocycles. The largest absolute Gasteiger partial charge is 0.476 e. The molecule has 0 bridgehead atoms. The van der Waals surface area contributed by atoms with Crippen molar-refractivity contribution in [3.63, 3.8) is 0 Å². The van der Waals surface area contributed by atoms with Crippen molar-refractivity contribution >= 4 is 11.8 Å². The van der Waals surface area contributed by atoms with Crippen LogP contribution in [0.4, 0.5) is 22.0 Å². The first kappa shape index (κ1) is 12.2. The van der Waals surface area contributed by atoms with Gasteiger partial charge in [-0.3, -0.25) is 0 Å². The fraction of sp³-hybridized carbons (Fsp3) is 0. The Balaban J connectivity index is 3.42. The fourth-order valence-corrected chi connectivity index (χ4v) is 0.908. The molecular weight excluding hydrogens is 235 g/mol. The lowest BCUT2D eigenvalue weighted by molar-refractivity contribution is -0.134. The van der Waals surface area contributed by atoms with Gasteiger partial charge in [0.15, 0.2) is 23.3 Å². The SMILES string of the molecule is O=C(O)C(F)=C(F)c1ccc(F)c(F)c1F. The minimum atomic E-state index is -2.29. The van der Waals surface area contributed by atoms with Gasteiger partial charge in [-0.15, -0.1) is 0 Å². The molecule has 86 valence electrons. The van der Waals surface area contributed by atoms with E-state index in [9.17, 15) is 26.7 Å². The number of benzene rings is 1. The molecule has 1 aromatic rings. The monoisotopic (exact) mass is 238 g/mol. The van der Waals surface area contributed by atoms with Crippen molar-refractivity contribution in [3.8, 4) is 0 Å². The van der Waals surface area contributed by atoms with Gasteiger partial charge in [-0.25, -0.2) is 22.4 Å². The van der Waals surface area contributed by atoms with Gasteiger partial charge in [-0.2, -0.15) is 4.39 Å². The molecule has 1 aromatic carbocycles. The third-order valence-electron chi connectivity index (χ3n) is 1.65. The summed E-state index contributed by atoms with van der Waals surface area (Å²) < 4.78 is 63.4. The molecular formula is C9H3F5O2. The lowest BCUT2D eigenvalue weighted by Crippen LogP contribution is -2.01. The highest BCUT2D eigenvalue weighted by molar-refractivity contribution is 5.92. The second kappa shape index (κ2) is 4.30. The minimum Gasteiger partial charge on any atom is -0.476 e. The van der Waals surface area contributed by atoms with Gasteiger partial charge in [0.1, 0.15) is 0 Å². The van der Waals surface area contributed by atoms with Crippen LogP contribution in [0, 0.1) is 17.5 Å². The molecule has 0 amide bonds. The Labute approximate surface area is 85.6 Å². The molecule has 1 N–H and O–H groups in total. The predicted molar refractivity (Wildman–Crippen MR) is 43.1 cm³/mol. The molecule has 0 saturated heterocycles. The summed E-state index contributed by atoms with van der Waals surface area (Å²) >= 11 is 0. The van der Waals surface area contributed by atoms with Crippen LogP contribution in [0.2, 0.25) is 0 Å². The molecule has 0 unspecified atom stereocenters. The van der Waals surface area contributed by atoms with E-state index in [0.29, 0.717) is 12.1 Å². The summed E-state index contributed by atoms with van der Waals surface area (Å²) in [5.41, 5.74) is -1.29. The van der Waals surface area contributed by atoms with Gasteiger partial charge in [0.2, 0.25) is 5.83 Å². The van der Waals surface area contributed by atoms with E-state index in [1.807, 2.05) is 0 Å². The number of hydrogen-bond donors (Lipinski definition) is 1. The first-order chi connectivity index (χ1) is 7.36. The Morgan fingerprint density at radius 1 is 1.06 bits per heavy atom. The van der Waals surface area contributed by atoms with Crippen LogP contribution in [-0.2, 0) is 4.79 Å². The van der Waals surface area contributed by atoms with Crippen LogP contribution >= 0.6 is 0 Å². The molecule has 0 aliphatic rings. The van der Waals surface area contributed by atoms with Crippen LogP contribution in [0.15, 0.2) is 18.0 Å². The van der Waals surface area contributed by atoms with Crippen LogP contribution in [0.1, 0.15) is 5.56 Å². The zero-order chi connectivity index (χ0) is 12.5. The Hall–Kier alpha value is -1.92. The van der Waals surface area contributed by atoms with Crippen molar-refractivity contribution in [2.45, 2.75) is 0 Å². The van der Waals surface area contributed by atoms with Gasteiger partial charge in [-0.1, -0.05) is 0 Å². The topological polar surface area (TPSA) is 37.3 Å². The average Bonchev–Trinajstić information content (AvgIpc) is 2.24. The first-order valence-electron chi connectivity index (χ1n) is 3.78. The Bertz CT molecular complexity index is 481. The maximum absolute atomic E-state index is 12.9. The summed E-state index contributed by atoms with van der Waals surface area (Å²) in [4.78, 5) is 10.0. The Kier molecular flexibility index (Phi) is 3.26. The predicted octanol–water partition coefficient (Wildman–Crippen LogP) is 2.80. The van der Waals surface area contributed by atoms with Crippen molar-refractivity contribution in [2.75, 3.05) is 0 Å². The Morgan fingerprint density at radius 2 is 1.62 bits per heavy atom. The number of hydrogen-bond acceptors (Lipinski definition) is 1. The lowest BCUT2D eigenvalue weighted by atomic mass is 10.1. The van der Waals surface area contributed by atoms with Gasteiger partial charge in [0.25, 0.3) is 0 Å². The highest BCUT2D eigenvalue weighted by atomic mass is 19.2. The van der Waals surface area contributed by atoms with Crippen LogP contribution < -0.4 is 0 Å². The summed E-state index contributed by atoms with van der Waals surface area (Å²) in [6.45, 7) is 0. The first-order valence-corrected chi connectivity index (χ1v) is 3.78. The van der Waals surface area contributed by atoms with Crippen LogP contribution in [-0.4, -0.2) is 11.1 Å². The van der Waals surface area contributed by atoms with Crippen molar-refractivity contribution in [1.82, 2.24) is 0 Å². The second-order valence-corrected chi connectivity index (χ2v) is 2.66. The van der Waals surface area contributed by atoms with E-state index in [2.05, 4.69) is 0 Å². The molecule has 1 rings (SSSR count). The molecule has 0 spiro atoms. The smallest absolute Gasteiger partial charge is 0.367 e. The summed E-state index contributed by atoms with van der Waals surface area (Å²) in [6, 6.07) is 0.744. The second-order valence-electron chi connectivity index (χ2n) is 2.66. The molecule has 2 nitrogen and oxygen atoms in total. The lowest BCUT2D eigenvalue weighted by Gasteiger charge is -2.02. The highest BCUT2D eigenvalue weighted by Crippen LogP contribution is 2.26. The van der Waals surface area contributed by atoms with Gasteiger partial charge in [0.05, 0.1) is 5.56 Å². The molecule has 7 heteroatoms. The zero-order valence-corrected chi connectivity index (χ0v) is 7.40. The molecule has 0 aliphatic heterocycles.